The van der Waals surface area contributed by atoms with Gasteiger partial charge >= 0.3 is 0 Å². The second kappa shape index (κ2) is 7.69. The average molecular weight is 214 g/mol. The van der Waals surface area contributed by atoms with Crippen molar-refractivity contribution in [2.45, 2.75) is 64.8 Å². The Labute approximate surface area is 93.8 Å². The minimum atomic E-state index is -0.220. The van der Waals surface area contributed by atoms with Crippen molar-refractivity contribution in [3.63, 3.8) is 0 Å². The molecule has 0 heterocycles. The van der Waals surface area contributed by atoms with Crippen molar-refractivity contribution in [2.24, 2.45) is 5.73 Å². The van der Waals surface area contributed by atoms with Crippen LogP contribution in [0.2, 0.25) is 0 Å². The average Bonchev–Trinajstić information content (AvgIpc) is 2.24. The fraction of sp³-hybridized carbons (Fsp3) is 0.917. The van der Waals surface area contributed by atoms with E-state index in [1.807, 2.05) is 13.8 Å². The fourth-order valence-electron chi connectivity index (χ4n) is 1.40. The van der Waals surface area contributed by atoms with E-state index in [1.165, 1.54) is 12.8 Å². The molecule has 0 fully saturated rings. The first-order valence-electron chi connectivity index (χ1n) is 6.09. The summed E-state index contributed by atoms with van der Waals surface area (Å²) < 4.78 is 0. The van der Waals surface area contributed by atoms with Crippen LogP contribution < -0.4 is 11.1 Å². The van der Waals surface area contributed by atoms with Gasteiger partial charge in [0.15, 0.2) is 0 Å². The second-order valence-electron chi connectivity index (χ2n) is 4.48. The van der Waals surface area contributed by atoms with Gasteiger partial charge in [-0.1, -0.05) is 33.1 Å². The third kappa shape index (κ3) is 6.50. The molecule has 1 unspecified atom stereocenters. The molecule has 0 aromatic rings. The summed E-state index contributed by atoms with van der Waals surface area (Å²) in [6.07, 6.45) is 6.07. The first-order chi connectivity index (χ1) is 7.08. The Morgan fingerprint density at radius 2 is 1.93 bits per heavy atom. The molecule has 0 aliphatic heterocycles. The molecule has 0 aromatic carbocycles. The lowest BCUT2D eigenvalue weighted by molar-refractivity contribution is -0.122. The molecule has 0 saturated carbocycles. The summed E-state index contributed by atoms with van der Waals surface area (Å²) in [7, 11) is 0. The highest BCUT2D eigenvalue weighted by atomic mass is 16.1. The largest absolute Gasteiger partial charge is 0.350 e. The summed E-state index contributed by atoms with van der Waals surface area (Å²) in [5.74, 6) is 0.140. The third-order valence-electron chi connectivity index (χ3n) is 2.93. The van der Waals surface area contributed by atoms with Gasteiger partial charge in [0.2, 0.25) is 5.91 Å². The van der Waals surface area contributed by atoms with E-state index in [2.05, 4.69) is 12.2 Å². The molecule has 1 atom stereocenters. The molecule has 0 aromatic heterocycles. The molecule has 0 spiro atoms. The Balaban J connectivity index is 3.72. The number of carbonyl (C=O) groups is 1. The number of nitrogens with two attached hydrogens (primary N) is 1. The topological polar surface area (TPSA) is 55.1 Å². The highest BCUT2D eigenvalue weighted by Gasteiger charge is 2.21. The van der Waals surface area contributed by atoms with Crippen LogP contribution in [0.15, 0.2) is 0 Å². The monoisotopic (exact) mass is 214 g/mol. The minimum Gasteiger partial charge on any atom is -0.350 e. The molecule has 3 nitrogen and oxygen atoms in total. The Hall–Kier alpha value is -0.570. The number of hydrogen-bond donors (Lipinski definition) is 2. The summed E-state index contributed by atoms with van der Waals surface area (Å²) in [5, 5.41) is 3.01. The molecule has 3 heteroatoms. The van der Waals surface area contributed by atoms with Crippen LogP contribution in [0.5, 0.6) is 0 Å². The van der Waals surface area contributed by atoms with E-state index in [4.69, 9.17) is 5.73 Å². The summed E-state index contributed by atoms with van der Waals surface area (Å²) in [6.45, 7) is 6.72. The molecule has 90 valence electrons. The van der Waals surface area contributed by atoms with E-state index in [0.29, 0.717) is 13.0 Å². The van der Waals surface area contributed by atoms with Crippen molar-refractivity contribution >= 4 is 5.91 Å². The summed E-state index contributed by atoms with van der Waals surface area (Å²) in [6, 6.07) is 0. The van der Waals surface area contributed by atoms with Gasteiger partial charge in [0.1, 0.15) is 0 Å². The van der Waals surface area contributed by atoms with Gasteiger partial charge in [-0.2, -0.15) is 0 Å². The van der Waals surface area contributed by atoms with Crippen molar-refractivity contribution in [3.8, 4) is 0 Å². The van der Waals surface area contributed by atoms with Crippen molar-refractivity contribution in [1.82, 2.24) is 5.32 Å². The van der Waals surface area contributed by atoms with Crippen molar-refractivity contribution < 1.29 is 4.79 Å². The molecular weight excluding hydrogens is 188 g/mol. The fourth-order valence-corrected chi connectivity index (χ4v) is 1.40. The maximum Gasteiger partial charge on any atom is 0.220 e. The molecule has 0 bridgehead atoms. The maximum atomic E-state index is 11.6. The third-order valence-corrected chi connectivity index (χ3v) is 2.93. The van der Waals surface area contributed by atoms with Crippen LogP contribution in [-0.2, 0) is 4.79 Å². The lowest BCUT2D eigenvalue weighted by atomic mass is 9.99. The number of amides is 1. The zero-order valence-corrected chi connectivity index (χ0v) is 10.4. The van der Waals surface area contributed by atoms with Gasteiger partial charge in [-0.25, -0.2) is 0 Å². The molecule has 0 radical (unpaired) electrons. The van der Waals surface area contributed by atoms with Crippen LogP contribution in [0, 0.1) is 0 Å². The first kappa shape index (κ1) is 14.4. The SMILES string of the molecule is CCCCCCC(=O)NC(C)(CC)CN. The van der Waals surface area contributed by atoms with Gasteiger partial charge in [-0.3, -0.25) is 4.79 Å². The predicted molar refractivity (Wildman–Crippen MR) is 64.7 cm³/mol. The van der Waals surface area contributed by atoms with Gasteiger partial charge in [0.05, 0.1) is 0 Å². The molecule has 1 amide bonds. The van der Waals surface area contributed by atoms with E-state index < -0.39 is 0 Å². The Kier molecular flexibility index (Phi) is 7.39. The van der Waals surface area contributed by atoms with Crippen LogP contribution in [0.3, 0.4) is 0 Å². The van der Waals surface area contributed by atoms with Gasteiger partial charge in [-0.15, -0.1) is 0 Å². The van der Waals surface area contributed by atoms with E-state index >= 15 is 0 Å². The molecule has 0 saturated heterocycles. The predicted octanol–water partition coefficient (Wildman–Crippen LogP) is 2.20. The maximum absolute atomic E-state index is 11.6. The molecule has 3 N–H and O–H groups in total. The molecule has 0 aliphatic carbocycles. The number of nitrogens with one attached hydrogen (secondary N) is 1. The van der Waals surface area contributed by atoms with Crippen LogP contribution in [0.4, 0.5) is 0 Å². The quantitative estimate of drug-likeness (QED) is 0.609. The first-order valence-corrected chi connectivity index (χ1v) is 6.09. The Morgan fingerprint density at radius 1 is 1.27 bits per heavy atom. The highest BCUT2D eigenvalue weighted by molar-refractivity contribution is 5.76. The molecule has 15 heavy (non-hydrogen) atoms. The number of carbonyl (C=O) groups excluding carboxylic acids is 1. The summed E-state index contributed by atoms with van der Waals surface area (Å²) >= 11 is 0. The molecule has 0 aliphatic rings. The Bertz CT molecular complexity index is 176. The van der Waals surface area contributed by atoms with Crippen LogP contribution in [0.25, 0.3) is 0 Å². The second-order valence-corrected chi connectivity index (χ2v) is 4.48. The van der Waals surface area contributed by atoms with Crippen LogP contribution in [-0.4, -0.2) is 18.0 Å². The highest BCUT2D eigenvalue weighted by Crippen LogP contribution is 2.08. The van der Waals surface area contributed by atoms with Gasteiger partial charge in [0, 0.05) is 18.5 Å². The zero-order chi connectivity index (χ0) is 11.7. The van der Waals surface area contributed by atoms with Gasteiger partial charge < -0.3 is 11.1 Å². The van der Waals surface area contributed by atoms with Crippen molar-refractivity contribution in [1.29, 1.82) is 0 Å². The Morgan fingerprint density at radius 3 is 2.40 bits per heavy atom. The minimum absolute atomic E-state index is 0.140. The molecule has 0 rings (SSSR count). The van der Waals surface area contributed by atoms with E-state index in [0.717, 1.165) is 19.3 Å². The van der Waals surface area contributed by atoms with Crippen molar-refractivity contribution in [2.75, 3.05) is 6.54 Å². The normalized spacial score (nSPS) is 14.7. The van der Waals surface area contributed by atoms with Crippen LogP contribution >= 0.6 is 0 Å². The lowest BCUT2D eigenvalue weighted by Crippen LogP contribution is -2.50. The molecular formula is C12H26N2O. The summed E-state index contributed by atoms with van der Waals surface area (Å²) in [4.78, 5) is 11.6. The zero-order valence-electron chi connectivity index (χ0n) is 10.4. The lowest BCUT2D eigenvalue weighted by Gasteiger charge is -2.27. The summed E-state index contributed by atoms with van der Waals surface area (Å²) in [5.41, 5.74) is 5.41. The van der Waals surface area contributed by atoms with Gasteiger partial charge in [-0.05, 0) is 19.8 Å². The van der Waals surface area contributed by atoms with Crippen LogP contribution in [0.1, 0.15) is 59.3 Å². The smallest absolute Gasteiger partial charge is 0.220 e. The van der Waals surface area contributed by atoms with Gasteiger partial charge in [0.25, 0.3) is 0 Å². The van der Waals surface area contributed by atoms with E-state index in [-0.39, 0.29) is 11.4 Å². The number of unbranched alkanes of at least 4 members (excludes halogenated alkanes) is 3. The number of hydrogen-bond acceptors (Lipinski definition) is 2. The number of rotatable bonds is 8. The van der Waals surface area contributed by atoms with E-state index in [1.54, 1.807) is 0 Å². The van der Waals surface area contributed by atoms with E-state index in [9.17, 15) is 4.79 Å². The van der Waals surface area contributed by atoms with Crippen molar-refractivity contribution in [3.05, 3.63) is 0 Å². The standard InChI is InChI=1S/C12H26N2O/c1-4-6-7-8-9-11(15)14-12(3,5-2)10-13/h4-10,13H2,1-3H3,(H,14,15).